The first-order chi connectivity index (χ1) is 6.06. The summed E-state index contributed by atoms with van der Waals surface area (Å²) in [5.74, 6) is 0.824. The molecule has 80 valence electrons. The highest BCUT2D eigenvalue weighted by molar-refractivity contribution is 4.67. The molecule has 2 heteroatoms. The van der Waals surface area contributed by atoms with Crippen LogP contribution in [0, 0.1) is 5.92 Å². The summed E-state index contributed by atoms with van der Waals surface area (Å²) in [6.45, 7) is 9.79. The van der Waals surface area contributed by atoms with Gasteiger partial charge in [-0.3, -0.25) is 0 Å². The summed E-state index contributed by atoms with van der Waals surface area (Å²) in [6.07, 6.45) is 3.68. The maximum atomic E-state index is 5.96. The van der Waals surface area contributed by atoms with Crippen molar-refractivity contribution in [3.63, 3.8) is 0 Å². The Hall–Kier alpha value is -0.0800. The second-order valence-electron chi connectivity index (χ2n) is 4.41. The molecule has 0 saturated carbocycles. The number of hydrogen-bond acceptors (Lipinski definition) is 2. The molecule has 0 rings (SSSR count). The largest absolute Gasteiger partial charge is 0.327 e. The van der Waals surface area contributed by atoms with E-state index in [-0.39, 0.29) is 0 Å². The molecule has 2 nitrogen and oxygen atoms in total. The van der Waals surface area contributed by atoms with Crippen LogP contribution in [0.15, 0.2) is 0 Å². The maximum absolute atomic E-state index is 5.96. The van der Waals surface area contributed by atoms with E-state index < -0.39 is 0 Å². The maximum Gasteiger partial charge on any atom is 0.0165 e. The molecule has 0 aromatic rings. The van der Waals surface area contributed by atoms with Crippen LogP contribution in [0.25, 0.3) is 0 Å². The summed E-state index contributed by atoms with van der Waals surface area (Å²) in [7, 11) is 0. The van der Waals surface area contributed by atoms with Crippen molar-refractivity contribution in [1.29, 1.82) is 0 Å². The highest BCUT2D eigenvalue weighted by atomic mass is 14.9. The van der Waals surface area contributed by atoms with Gasteiger partial charge in [0.25, 0.3) is 0 Å². The van der Waals surface area contributed by atoms with Gasteiger partial charge in [0.15, 0.2) is 0 Å². The molecule has 0 fully saturated rings. The van der Waals surface area contributed by atoms with E-state index in [0.717, 1.165) is 18.9 Å². The Labute approximate surface area is 83.3 Å². The number of hydrogen-bond donors (Lipinski definition) is 2. The van der Waals surface area contributed by atoms with Crippen molar-refractivity contribution < 1.29 is 0 Å². The lowest BCUT2D eigenvalue weighted by Gasteiger charge is -2.16. The summed E-state index contributed by atoms with van der Waals surface area (Å²) in [5.41, 5.74) is 5.96. The fourth-order valence-corrected chi connectivity index (χ4v) is 1.19. The molecule has 0 saturated heterocycles. The van der Waals surface area contributed by atoms with Crippen LogP contribution in [0.4, 0.5) is 0 Å². The van der Waals surface area contributed by atoms with Crippen LogP contribution >= 0.6 is 0 Å². The van der Waals surface area contributed by atoms with E-state index in [1.54, 1.807) is 0 Å². The van der Waals surface area contributed by atoms with Crippen LogP contribution in [0.1, 0.15) is 47.0 Å². The minimum absolute atomic E-state index is 0.330. The van der Waals surface area contributed by atoms with Crippen LogP contribution in [0.5, 0.6) is 0 Å². The van der Waals surface area contributed by atoms with E-state index in [1.165, 1.54) is 12.8 Å². The molecule has 0 aliphatic heterocycles. The third kappa shape index (κ3) is 8.26. The molecule has 13 heavy (non-hydrogen) atoms. The highest BCUT2D eigenvalue weighted by Crippen LogP contribution is 2.10. The second-order valence-corrected chi connectivity index (χ2v) is 4.41. The zero-order valence-electron chi connectivity index (χ0n) is 9.64. The fourth-order valence-electron chi connectivity index (χ4n) is 1.19. The summed E-state index contributed by atoms with van der Waals surface area (Å²) >= 11 is 0. The van der Waals surface area contributed by atoms with Gasteiger partial charge in [-0.05, 0) is 18.8 Å². The smallest absolute Gasteiger partial charge is 0.0165 e. The number of nitrogens with two attached hydrogens (primary N) is 1. The minimum atomic E-state index is 0.330. The average molecular weight is 186 g/mol. The van der Waals surface area contributed by atoms with Crippen LogP contribution < -0.4 is 11.1 Å². The normalized spacial score (nSPS) is 16.2. The van der Waals surface area contributed by atoms with Gasteiger partial charge in [-0.2, -0.15) is 0 Å². The molecular weight excluding hydrogens is 160 g/mol. The van der Waals surface area contributed by atoms with Crippen molar-refractivity contribution in [2.75, 3.05) is 6.54 Å². The predicted molar refractivity (Wildman–Crippen MR) is 59.8 cm³/mol. The summed E-state index contributed by atoms with van der Waals surface area (Å²) in [5, 5.41) is 3.36. The van der Waals surface area contributed by atoms with Gasteiger partial charge in [-0.15, -0.1) is 0 Å². The molecule has 0 aliphatic rings. The Morgan fingerprint density at radius 2 is 1.77 bits per heavy atom. The molecule has 0 radical (unpaired) electrons. The van der Waals surface area contributed by atoms with Gasteiger partial charge < -0.3 is 11.1 Å². The van der Waals surface area contributed by atoms with E-state index in [9.17, 15) is 0 Å². The third-order valence-electron chi connectivity index (χ3n) is 2.52. The molecule has 0 aromatic carbocycles. The third-order valence-corrected chi connectivity index (χ3v) is 2.52. The average Bonchev–Trinajstić information content (AvgIpc) is 2.10. The van der Waals surface area contributed by atoms with Gasteiger partial charge in [0.1, 0.15) is 0 Å². The van der Waals surface area contributed by atoms with Gasteiger partial charge in [0.05, 0.1) is 0 Å². The van der Waals surface area contributed by atoms with E-state index in [0.29, 0.717) is 12.1 Å². The topological polar surface area (TPSA) is 38.0 Å². The van der Waals surface area contributed by atoms with Crippen molar-refractivity contribution in [2.24, 2.45) is 11.7 Å². The fraction of sp³-hybridized carbons (Fsp3) is 1.00. The lowest BCUT2D eigenvalue weighted by atomic mass is 10.00. The Bertz CT molecular complexity index is 113. The molecule has 0 aliphatic carbocycles. The first-order valence-corrected chi connectivity index (χ1v) is 5.55. The van der Waals surface area contributed by atoms with E-state index >= 15 is 0 Å². The van der Waals surface area contributed by atoms with E-state index in [4.69, 9.17) is 5.73 Å². The highest BCUT2D eigenvalue weighted by Gasteiger charge is 2.05. The lowest BCUT2D eigenvalue weighted by molar-refractivity contribution is 0.434. The molecule has 0 heterocycles. The van der Waals surface area contributed by atoms with Crippen molar-refractivity contribution in [1.82, 2.24) is 5.32 Å². The molecule has 3 N–H and O–H groups in total. The monoisotopic (exact) mass is 186 g/mol. The molecule has 0 amide bonds. The summed E-state index contributed by atoms with van der Waals surface area (Å²) < 4.78 is 0. The Morgan fingerprint density at radius 1 is 1.15 bits per heavy atom. The predicted octanol–water partition coefficient (Wildman–Crippen LogP) is 2.14. The molecule has 0 spiro atoms. The van der Waals surface area contributed by atoms with Gasteiger partial charge in [0, 0.05) is 18.6 Å². The van der Waals surface area contributed by atoms with Gasteiger partial charge in [0.2, 0.25) is 0 Å². The van der Waals surface area contributed by atoms with Crippen molar-refractivity contribution in [2.45, 2.75) is 59.0 Å². The lowest BCUT2D eigenvalue weighted by Crippen LogP contribution is -2.37. The van der Waals surface area contributed by atoms with Crippen LogP contribution in [0.3, 0.4) is 0 Å². The Morgan fingerprint density at radius 3 is 2.23 bits per heavy atom. The quantitative estimate of drug-likeness (QED) is 0.639. The first kappa shape index (κ1) is 12.9. The molecule has 0 aromatic heterocycles. The second kappa shape index (κ2) is 7.34. The molecule has 2 atom stereocenters. The van der Waals surface area contributed by atoms with Crippen LogP contribution in [0.2, 0.25) is 0 Å². The SMILES string of the molecule is CCC(C)CCC(N)CNC(C)C. The van der Waals surface area contributed by atoms with E-state index in [1.807, 2.05) is 0 Å². The van der Waals surface area contributed by atoms with Crippen molar-refractivity contribution in [3.8, 4) is 0 Å². The van der Waals surface area contributed by atoms with Gasteiger partial charge in [-0.25, -0.2) is 0 Å². The summed E-state index contributed by atoms with van der Waals surface area (Å²) in [6, 6.07) is 0.881. The first-order valence-electron chi connectivity index (χ1n) is 5.55. The van der Waals surface area contributed by atoms with Crippen molar-refractivity contribution in [3.05, 3.63) is 0 Å². The van der Waals surface area contributed by atoms with Crippen LogP contribution in [-0.2, 0) is 0 Å². The molecule has 2 unspecified atom stereocenters. The van der Waals surface area contributed by atoms with E-state index in [2.05, 4.69) is 33.0 Å². The molecular formula is C11H26N2. The molecule has 0 bridgehead atoms. The Balaban J connectivity index is 3.34. The summed E-state index contributed by atoms with van der Waals surface area (Å²) in [4.78, 5) is 0. The number of rotatable bonds is 7. The Kier molecular flexibility index (Phi) is 7.29. The number of nitrogens with one attached hydrogen (secondary N) is 1. The standard InChI is InChI=1S/C11H26N2/c1-5-10(4)6-7-11(12)8-13-9(2)3/h9-11,13H,5-8,12H2,1-4H3. The van der Waals surface area contributed by atoms with Gasteiger partial charge >= 0.3 is 0 Å². The van der Waals surface area contributed by atoms with Crippen molar-refractivity contribution >= 4 is 0 Å². The zero-order chi connectivity index (χ0) is 10.3. The minimum Gasteiger partial charge on any atom is -0.327 e. The van der Waals surface area contributed by atoms with Crippen LogP contribution in [-0.4, -0.2) is 18.6 Å². The van der Waals surface area contributed by atoms with Gasteiger partial charge in [-0.1, -0.05) is 34.1 Å². The zero-order valence-corrected chi connectivity index (χ0v) is 9.64.